The molecule has 6 heteroatoms. The zero-order valence-electron chi connectivity index (χ0n) is 17.1. The molecular weight excluding hydrogens is 396 g/mol. The Balaban J connectivity index is 1.62. The first-order valence-corrected chi connectivity index (χ1v) is 11.4. The summed E-state index contributed by atoms with van der Waals surface area (Å²) in [6, 6.07) is 19.8. The van der Waals surface area contributed by atoms with Crippen molar-refractivity contribution in [2.45, 2.75) is 31.6 Å². The fourth-order valence-corrected chi connectivity index (χ4v) is 5.29. The largest absolute Gasteiger partial charge is 0.322 e. The molecule has 1 aliphatic rings. The number of nitrogens with one attached hydrogen (secondary N) is 1. The molecule has 30 heavy (non-hydrogen) atoms. The lowest BCUT2D eigenvalue weighted by molar-refractivity contribution is 0.102. The summed E-state index contributed by atoms with van der Waals surface area (Å²) in [5.74, 6) is -0.173. The van der Waals surface area contributed by atoms with Gasteiger partial charge in [0.1, 0.15) is 0 Å². The van der Waals surface area contributed by atoms with Gasteiger partial charge < -0.3 is 5.32 Å². The molecular formula is C24H24N2O3S. The van der Waals surface area contributed by atoms with E-state index in [-0.39, 0.29) is 10.8 Å². The average Bonchev–Trinajstić information content (AvgIpc) is 2.73. The van der Waals surface area contributed by atoms with Gasteiger partial charge in [-0.3, -0.25) is 9.10 Å². The number of fused-ring (bicyclic) bond motifs is 1. The summed E-state index contributed by atoms with van der Waals surface area (Å²) in [4.78, 5) is 12.9. The Hall–Kier alpha value is -3.12. The number of anilines is 2. The molecule has 1 amide bonds. The Morgan fingerprint density at radius 3 is 2.43 bits per heavy atom. The van der Waals surface area contributed by atoms with Crippen LogP contribution in [0.15, 0.2) is 71.6 Å². The minimum atomic E-state index is -3.63. The van der Waals surface area contributed by atoms with E-state index >= 15 is 0 Å². The van der Waals surface area contributed by atoms with Gasteiger partial charge in [-0.2, -0.15) is 0 Å². The van der Waals surface area contributed by atoms with Crippen LogP contribution >= 0.6 is 0 Å². The Labute approximate surface area is 177 Å². The van der Waals surface area contributed by atoms with E-state index in [4.69, 9.17) is 0 Å². The fraction of sp³-hybridized carbons (Fsp3) is 0.208. The average molecular weight is 421 g/mol. The second-order valence-corrected chi connectivity index (χ2v) is 9.47. The van der Waals surface area contributed by atoms with Crippen molar-refractivity contribution in [2.75, 3.05) is 16.2 Å². The lowest BCUT2D eigenvalue weighted by Crippen LogP contribution is -2.35. The van der Waals surface area contributed by atoms with Crippen molar-refractivity contribution in [1.29, 1.82) is 0 Å². The summed E-state index contributed by atoms with van der Waals surface area (Å²) < 4.78 is 27.9. The summed E-state index contributed by atoms with van der Waals surface area (Å²) >= 11 is 0. The zero-order chi connectivity index (χ0) is 21.3. The molecule has 1 heterocycles. The van der Waals surface area contributed by atoms with Crippen molar-refractivity contribution < 1.29 is 13.2 Å². The van der Waals surface area contributed by atoms with Crippen LogP contribution in [0.25, 0.3) is 0 Å². The van der Waals surface area contributed by atoms with Gasteiger partial charge in [0.25, 0.3) is 15.9 Å². The third-order valence-electron chi connectivity index (χ3n) is 5.41. The van der Waals surface area contributed by atoms with Crippen LogP contribution in [0.2, 0.25) is 0 Å². The Bertz CT molecular complexity index is 1200. The van der Waals surface area contributed by atoms with E-state index in [1.165, 1.54) is 4.31 Å². The van der Waals surface area contributed by atoms with Gasteiger partial charge in [0.2, 0.25) is 0 Å². The van der Waals surface area contributed by atoms with Crippen LogP contribution < -0.4 is 9.62 Å². The number of hydrogen-bond acceptors (Lipinski definition) is 3. The van der Waals surface area contributed by atoms with Gasteiger partial charge in [-0.15, -0.1) is 0 Å². The molecule has 0 radical (unpaired) electrons. The fourth-order valence-electron chi connectivity index (χ4n) is 3.75. The molecule has 3 aromatic carbocycles. The van der Waals surface area contributed by atoms with Gasteiger partial charge in [0.05, 0.1) is 10.6 Å². The van der Waals surface area contributed by atoms with Crippen LogP contribution in [0.5, 0.6) is 0 Å². The number of amides is 1. The van der Waals surface area contributed by atoms with E-state index in [9.17, 15) is 13.2 Å². The quantitative estimate of drug-likeness (QED) is 0.665. The molecule has 0 aliphatic carbocycles. The number of carbonyl (C=O) groups excluding carboxylic acids is 1. The Morgan fingerprint density at radius 1 is 0.967 bits per heavy atom. The van der Waals surface area contributed by atoms with Gasteiger partial charge in [0.15, 0.2) is 0 Å². The van der Waals surface area contributed by atoms with Gasteiger partial charge in [-0.1, -0.05) is 35.9 Å². The molecule has 0 unspecified atom stereocenters. The van der Waals surface area contributed by atoms with Crippen molar-refractivity contribution in [3.63, 3.8) is 0 Å². The molecule has 154 valence electrons. The zero-order valence-corrected chi connectivity index (χ0v) is 17.9. The molecule has 0 bridgehead atoms. The van der Waals surface area contributed by atoms with Crippen molar-refractivity contribution in [1.82, 2.24) is 0 Å². The molecule has 3 aromatic rings. The minimum absolute atomic E-state index is 0.173. The van der Waals surface area contributed by atoms with Crippen LogP contribution in [0.3, 0.4) is 0 Å². The topological polar surface area (TPSA) is 66.5 Å². The van der Waals surface area contributed by atoms with E-state index in [0.717, 1.165) is 29.5 Å². The highest BCUT2D eigenvalue weighted by Crippen LogP contribution is 2.34. The second kappa shape index (κ2) is 7.95. The third-order valence-corrected chi connectivity index (χ3v) is 7.24. The summed E-state index contributed by atoms with van der Waals surface area (Å²) in [7, 11) is -3.63. The molecule has 4 rings (SSSR count). The predicted octanol–water partition coefficient (Wildman–Crippen LogP) is 4.70. The SMILES string of the molecule is Cc1ccc(S(=O)(=O)N2CCCc3cc(NC(=O)c4ccccc4C)ccc32)cc1. The molecule has 0 saturated carbocycles. The number of sulfonamides is 1. The number of hydrogen-bond donors (Lipinski definition) is 1. The molecule has 5 nitrogen and oxygen atoms in total. The van der Waals surface area contributed by atoms with Crippen LogP contribution in [0, 0.1) is 13.8 Å². The monoisotopic (exact) mass is 420 g/mol. The van der Waals surface area contributed by atoms with E-state index in [1.54, 1.807) is 30.3 Å². The molecule has 1 aliphatic heterocycles. The molecule has 0 aromatic heterocycles. The summed E-state index contributed by atoms with van der Waals surface area (Å²) in [5.41, 5.74) is 4.80. The van der Waals surface area contributed by atoms with Crippen LogP contribution in [-0.2, 0) is 16.4 Å². The van der Waals surface area contributed by atoms with Crippen molar-refractivity contribution in [2.24, 2.45) is 0 Å². The smallest absolute Gasteiger partial charge is 0.264 e. The number of rotatable bonds is 4. The third kappa shape index (κ3) is 3.83. The van der Waals surface area contributed by atoms with Gasteiger partial charge in [0, 0.05) is 17.8 Å². The van der Waals surface area contributed by atoms with Crippen LogP contribution in [0.1, 0.15) is 33.5 Å². The molecule has 0 atom stereocenters. The summed E-state index contributed by atoms with van der Waals surface area (Å²) in [5, 5.41) is 2.93. The van der Waals surface area contributed by atoms with Crippen LogP contribution in [-0.4, -0.2) is 20.9 Å². The first-order chi connectivity index (χ1) is 14.4. The lowest BCUT2D eigenvalue weighted by atomic mass is 10.0. The van der Waals surface area contributed by atoms with E-state index < -0.39 is 10.0 Å². The number of aryl methyl sites for hydroxylation is 3. The van der Waals surface area contributed by atoms with E-state index in [0.29, 0.717) is 23.5 Å². The molecule has 0 saturated heterocycles. The van der Waals surface area contributed by atoms with Gasteiger partial charge in [-0.05, 0) is 74.2 Å². The highest BCUT2D eigenvalue weighted by molar-refractivity contribution is 7.92. The standard InChI is InChI=1S/C24H24N2O3S/c1-17-9-12-21(13-10-17)30(28,29)26-15-5-7-19-16-20(11-14-23(19)26)25-24(27)22-8-4-3-6-18(22)2/h3-4,6,8-14,16H,5,7,15H2,1-2H3,(H,25,27). The number of benzene rings is 3. The maximum Gasteiger partial charge on any atom is 0.264 e. The normalized spacial score (nSPS) is 13.6. The predicted molar refractivity (Wildman–Crippen MR) is 120 cm³/mol. The molecule has 0 fully saturated rings. The Kier molecular flexibility index (Phi) is 5.35. The van der Waals surface area contributed by atoms with Gasteiger partial charge >= 0.3 is 0 Å². The van der Waals surface area contributed by atoms with Gasteiger partial charge in [-0.25, -0.2) is 8.42 Å². The highest BCUT2D eigenvalue weighted by atomic mass is 32.2. The second-order valence-electron chi connectivity index (χ2n) is 7.61. The first kappa shape index (κ1) is 20.2. The maximum absolute atomic E-state index is 13.2. The van der Waals surface area contributed by atoms with E-state index in [2.05, 4.69) is 5.32 Å². The molecule has 1 N–H and O–H groups in total. The minimum Gasteiger partial charge on any atom is -0.322 e. The van der Waals surface area contributed by atoms with Crippen molar-refractivity contribution in [3.8, 4) is 0 Å². The van der Waals surface area contributed by atoms with Crippen molar-refractivity contribution in [3.05, 3.63) is 89.0 Å². The highest BCUT2D eigenvalue weighted by Gasteiger charge is 2.29. The number of carbonyl (C=O) groups is 1. The van der Waals surface area contributed by atoms with E-state index in [1.807, 2.05) is 50.2 Å². The summed E-state index contributed by atoms with van der Waals surface area (Å²) in [6.07, 6.45) is 1.50. The Morgan fingerprint density at radius 2 is 1.70 bits per heavy atom. The first-order valence-electron chi connectivity index (χ1n) is 9.95. The lowest BCUT2D eigenvalue weighted by Gasteiger charge is -2.31. The molecule has 0 spiro atoms. The maximum atomic E-state index is 13.2. The summed E-state index contributed by atoms with van der Waals surface area (Å²) in [6.45, 7) is 4.27. The number of nitrogens with zero attached hydrogens (tertiary/aromatic N) is 1. The van der Waals surface area contributed by atoms with Crippen LogP contribution in [0.4, 0.5) is 11.4 Å². The van der Waals surface area contributed by atoms with Crippen molar-refractivity contribution >= 4 is 27.3 Å².